The molecule has 96 valence electrons. The van der Waals surface area contributed by atoms with Crippen LogP contribution >= 0.6 is 11.8 Å². The van der Waals surface area contributed by atoms with E-state index in [0.717, 1.165) is 13.1 Å². The molecule has 0 bridgehead atoms. The zero-order valence-corrected chi connectivity index (χ0v) is 11.6. The Bertz CT molecular complexity index is 289. The van der Waals surface area contributed by atoms with Crippen molar-refractivity contribution in [1.29, 1.82) is 0 Å². The largest absolute Gasteiger partial charge is 0.366 e. The maximum Gasteiger partial charge on any atom is 0.128 e. The molecule has 1 aromatic rings. The molecule has 4 heteroatoms. The van der Waals surface area contributed by atoms with Gasteiger partial charge in [-0.25, -0.2) is 0 Å². The van der Waals surface area contributed by atoms with Gasteiger partial charge in [-0.2, -0.15) is 0 Å². The lowest BCUT2D eigenvalue weighted by molar-refractivity contribution is 0.175. The van der Waals surface area contributed by atoms with E-state index in [4.69, 9.17) is 4.74 Å². The van der Waals surface area contributed by atoms with Crippen molar-refractivity contribution in [2.75, 3.05) is 34.3 Å². The minimum Gasteiger partial charge on any atom is -0.366 e. The van der Waals surface area contributed by atoms with Crippen LogP contribution in [0.15, 0.2) is 30.3 Å². The normalized spacial score (nSPS) is 12.9. The summed E-state index contributed by atoms with van der Waals surface area (Å²) in [4.78, 5) is 0. The Hall–Kier alpha value is -0.550. The molecule has 3 nitrogen and oxygen atoms in total. The zero-order valence-electron chi connectivity index (χ0n) is 10.8. The van der Waals surface area contributed by atoms with Gasteiger partial charge in [0.05, 0.1) is 0 Å². The first-order valence-electron chi connectivity index (χ1n) is 5.84. The molecule has 0 spiro atoms. The second kappa shape index (κ2) is 8.53. The molecule has 1 unspecified atom stereocenters. The number of ether oxygens (including phenoxy) is 1. The summed E-state index contributed by atoms with van der Waals surface area (Å²) in [6.45, 7) is 1.94. The van der Waals surface area contributed by atoms with Crippen molar-refractivity contribution < 1.29 is 4.74 Å². The van der Waals surface area contributed by atoms with Crippen molar-refractivity contribution in [3.05, 3.63) is 35.9 Å². The average molecular weight is 254 g/mol. The van der Waals surface area contributed by atoms with Crippen LogP contribution in [0.25, 0.3) is 0 Å². The fourth-order valence-electron chi connectivity index (χ4n) is 1.68. The highest BCUT2D eigenvalue weighted by atomic mass is 32.2. The molecule has 0 aliphatic heterocycles. The van der Waals surface area contributed by atoms with Crippen molar-refractivity contribution in [2.45, 2.75) is 10.7 Å². The molecule has 0 fully saturated rings. The summed E-state index contributed by atoms with van der Waals surface area (Å²) in [6, 6.07) is 10.3. The summed E-state index contributed by atoms with van der Waals surface area (Å²) in [7, 11) is 5.72. The van der Waals surface area contributed by atoms with Crippen molar-refractivity contribution in [3.63, 3.8) is 0 Å². The first-order valence-corrected chi connectivity index (χ1v) is 6.78. The third-order valence-electron chi connectivity index (χ3n) is 2.47. The van der Waals surface area contributed by atoms with Crippen molar-refractivity contribution in [1.82, 2.24) is 10.6 Å². The molecule has 0 aliphatic carbocycles. The van der Waals surface area contributed by atoms with Gasteiger partial charge >= 0.3 is 0 Å². The van der Waals surface area contributed by atoms with Crippen molar-refractivity contribution >= 4 is 11.8 Å². The zero-order chi connectivity index (χ0) is 12.5. The predicted octanol–water partition coefficient (Wildman–Crippen LogP) is 1.87. The van der Waals surface area contributed by atoms with Crippen LogP contribution in [0.2, 0.25) is 0 Å². The summed E-state index contributed by atoms with van der Waals surface area (Å²) < 4.78 is 5.57. The fourth-order valence-corrected chi connectivity index (χ4v) is 2.98. The van der Waals surface area contributed by atoms with E-state index in [2.05, 4.69) is 22.8 Å². The highest BCUT2D eigenvalue weighted by molar-refractivity contribution is 8.00. The maximum atomic E-state index is 5.57. The van der Waals surface area contributed by atoms with E-state index in [-0.39, 0.29) is 5.44 Å². The number of thioether (sulfide) groups is 1. The molecular weight excluding hydrogens is 232 g/mol. The van der Waals surface area contributed by atoms with Crippen LogP contribution in [0.1, 0.15) is 11.0 Å². The monoisotopic (exact) mass is 254 g/mol. The molecule has 0 saturated heterocycles. The third-order valence-corrected chi connectivity index (χ3v) is 3.90. The van der Waals surface area contributed by atoms with E-state index in [1.54, 1.807) is 7.11 Å². The number of hydrogen-bond acceptors (Lipinski definition) is 4. The molecule has 1 rings (SSSR count). The Balaban J connectivity index is 2.61. The average Bonchev–Trinajstić information content (AvgIpc) is 2.37. The van der Waals surface area contributed by atoms with Gasteiger partial charge in [-0.1, -0.05) is 30.3 Å². The van der Waals surface area contributed by atoms with Crippen LogP contribution in [0, 0.1) is 0 Å². The lowest BCUT2D eigenvalue weighted by atomic mass is 10.2. The molecule has 1 atom stereocenters. The van der Waals surface area contributed by atoms with Gasteiger partial charge in [0, 0.05) is 25.4 Å². The lowest BCUT2D eigenvalue weighted by Crippen LogP contribution is -2.31. The Morgan fingerprint density at radius 1 is 1.12 bits per heavy atom. The SMILES string of the molecule is CNCC(CNC)SC(OC)c1ccccc1. The van der Waals surface area contributed by atoms with Gasteiger partial charge in [0.2, 0.25) is 0 Å². The van der Waals surface area contributed by atoms with Crippen molar-refractivity contribution in [2.24, 2.45) is 0 Å². The molecule has 0 radical (unpaired) electrons. The first kappa shape index (κ1) is 14.5. The number of benzene rings is 1. The molecular formula is C13H22N2OS. The Morgan fingerprint density at radius 3 is 2.18 bits per heavy atom. The van der Waals surface area contributed by atoms with E-state index >= 15 is 0 Å². The predicted molar refractivity (Wildman–Crippen MR) is 75.4 cm³/mol. The number of nitrogens with one attached hydrogen (secondary N) is 2. The second-order valence-electron chi connectivity index (χ2n) is 3.85. The van der Waals surface area contributed by atoms with Gasteiger partial charge in [0.15, 0.2) is 0 Å². The maximum absolute atomic E-state index is 5.57. The van der Waals surface area contributed by atoms with E-state index in [1.165, 1.54) is 5.56 Å². The van der Waals surface area contributed by atoms with Gasteiger partial charge in [-0.05, 0) is 19.7 Å². The van der Waals surface area contributed by atoms with Crippen LogP contribution in [-0.4, -0.2) is 39.5 Å². The smallest absolute Gasteiger partial charge is 0.128 e. The Morgan fingerprint density at radius 2 is 1.71 bits per heavy atom. The Kier molecular flexibility index (Phi) is 7.28. The van der Waals surface area contributed by atoms with Crippen LogP contribution < -0.4 is 10.6 Å². The summed E-state index contributed by atoms with van der Waals surface area (Å²) >= 11 is 1.84. The van der Waals surface area contributed by atoms with Crippen LogP contribution in [0.4, 0.5) is 0 Å². The van der Waals surface area contributed by atoms with Gasteiger partial charge < -0.3 is 15.4 Å². The van der Waals surface area contributed by atoms with E-state index < -0.39 is 0 Å². The third kappa shape index (κ3) is 5.08. The Labute approximate surface area is 108 Å². The molecule has 0 amide bonds. The summed E-state index contributed by atoms with van der Waals surface area (Å²) in [5.74, 6) is 0. The highest BCUT2D eigenvalue weighted by Crippen LogP contribution is 2.32. The first-order chi connectivity index (χ1) is 8.31. The molecule has 2 N–H and O–H groups in total. The van der Waals surface area contributed by atoms with E-state index in [0.29, 0.717) is 5.25 Å². The van der Waals surface area contributed by atoms with Crippen LogP contribution in [0.5, 0.6) is 0 Å². The number of rotatable bonds is 8. The number of methoxy groups -OCH3 is 1. The molecule has 0 aromatic heterocycles. The topological polar surface area (TPSA) is 33.3 Å². The molecule has 0 saturated carbocycles. The van der Waals surface area contributed by atoms with E-state index in [9.17, 15) is 0 Å². The molecule has 0 heterocycles. The lowest BCUT2D eigenvalue weighted by Gasteiger charge is -2.22. The van der Waals surface area contributed by atoms with Gasteiger partial charge in [-0.3, -0.25) is 0 Å². The van der Waals surface area contributed by atoms with Gasteiger partial charge in [0.1, 0.15) is 5.44 Å². The minimum atomic E-state index is 0.0999. The fraction of sp³-hybridized carbons (Fsp3) is 0.538. The summed E-state index contributed by atoms with van der Waals surface area (Å²) in [5, 5.41) is 6.93. The molecule has 17 heavy (non-hydrogen) atoms. The van der Waals surface area contributed by atoms with Crippen LogP contribution in [0.3, 0.4) is 0 Å². The van der Waals surface area contributed by atoms with Gasteiger partial charge in [0.25, 0.3) is 0 Å². The quantitative estimate of drug-likeness (QED) is 0.694. The molecule has 0 aliphatic rings. The number of hydrogen-bond donors (Lipinski definition) is 2. The summed E-state index contributed by atoms with van der Waals surface area (Å²) in [5.41, 5.74) is 1.32. The molecule has 1 aromatic carbocycles. The van der Waals surface area contributed by atoms with Gasteiger partial charge in [-0.15, -0.1) is 11.8 Å². The minimum absolute atomic E-state index is 0.0999. The van der Waals surface area contributed by atoms with Crippen LogP contribution in [-0.2, 0) is 4.74 Å². The second-order valence-corrected chi connectivity index (χ2v) is 5.22. The standard InChI is InChI=1S/C13H22N2OS/c1-14-9-12(10-15-2)17-13(16-3)11-7-5-4-6-8-11/h4-8,12-15H,9-10H2,1-3H3. The van der Waals surface area contributed by atoms with Crippen molar-refractivity contribution in [3.8, 4) is 0 Å². The highest BCUT2D eigenvalue weighted by Gasteiger charge is 2.17. The van der Waals surface area contributed by atoms with E-state index in [1.807, 2.05) is 44.1 Å². The summed E-state index contributed by atoms with van der Waals surface area (Å²) in [6.07, 6.45) is 0.